The second-order valence-electron chi connectivity index (χ2n) is 3.74. The van der Waals surface area contributed by atoms with Gasteiger partial charge in [-0.05, 0) is 25.3 Å². The summed E-state index contributed by atoms with van der Waals surface area (Å²) in [5.74, 6) is 0.542. The lowest BCUT2D eigenvalue weighted by Crippen LogP contribution is -2.40. The van der Waals surface area contributed by atoms with Crippen molar-refractivity contribution in [1.82, 2.24) is 10.2 Å². The largest absolute Gasteiger partial charge is 0.465 e. The normalized spacial score (nSPS) is 34.8. The van der Waals surface area contributed by atoms with Crippen LogP contribution in [0.15, 0.2) is 0 Å². The molecule has 3 rings (SSSR count). The van der Waals surface area contributed by atoms with Crippen LogP contribution in [0.3, 0.4) is 0 Å². The van der Waals surface area contributed by atoms with Crippen molar-refractivity contribution in [3.05, 3.63) is 0 Å². The van der Waals surface area contributed by atoms with Crippen molar-refractivity contribution in [1.29, 1.82) is 0 Å². The van der Waals surface area contributed by atoms with E-state index >= 15 is 0 Å². The van der Waals surface area contributed by atoms with Gasteiger partial charge in [0.25, 0.3) is 0 Å². The lowest BCUT2D eigenvalue weighted by atomic mass is 9.97. The van der Waals surface area contributed by atoms with Crippen LogP contribution in [0.1, 0.15) is 12.8 Å². The van der Waals surface area contributed by atoms with Crippen LogP contribution in [-0.4, -0.2) is 41.8 Å². The second kappa shape index (κ2) is 2.94. The van der Waals surface area contributed by atoms with Gasteiger partial charge >= 0.3 is 6.09 Å². The first kappa shape index (κ1) is 7.86. The first-order chi connectivity index (χ1) is 5.75. The molecule has 12 heavy (non-hydrogen) atoms. The van der Waals surface area contributed by atoms with E-state index in [1.807, 2.05) is 0 Å². The third-order valence-corrected chi connectivity index (χ3v) is 2.81. The van der Waals surface area contributed by atoms with E-state index in [1.54, 1.807) is 4.90 Å². The fourth-order valence-electron chi connectivity index (χ4n) is 2.09. The molecule has 1 amide bonds. The van der Waals surface area contributed by atoms with Crippen LogP contribution in [0.25, 0.3) is 0 Å². The molecule has 0 aromatic rings. The number of carboxylic acid groups (broad SMARTS) is 1. The molecule has 3 aliphatic heterocycles. The summed E-state index contributed by atoms with van der Waals surface area (Å²) >= 11 is 0. The lowest BCUT2D eigenvalue weighted by Gasteiger charge is -2.22. The Balaban J connectivity index is 2.06. The molecule has 0 saturated carbocycles. The minimum atomic E-state index is -0.768. The molecule has 3 saturated heterocycles. The summed E-state index contributed by atoms with van der Waals surface area (Å²) in [5.41, 5.74) is 0. The van der Waals surface area contributed by atoms with Crippen molar-refractivity contribution in [2.75, 3.05) is 19.6 Å². The number of amides is 1. The Labute approximate surface area is 71.5 Å². The van der Waals surface area contributed by atoms with Gasteiger partial charge in [-0.25, -0.2) is 4.79 Å². The standard InChI is InChI=1S/C8H14N2O2/c11-8(12)10-4-6-1-2-7(5-10)9-3-6/h6-7,9H,1-5H2,(H,11,12). The van der Waals surface area contributed by atoms with Crippen molar-refractivity contribution in [3.8, 4) is 0 Å². The Hall–Kier alpha value is -0.770. The van der Waals surface area contributed by atoms with E-state index < -0.39 is 6.09 Å². The minimum absolute atomic E-state index is 0.403. The topological polar surface area (TPSA) is 52.6 Å². The van der Waals surface area contributed by atoms with Gasteiger partial charge in [-0.3, -0.25) is 0 Å². The summed E-state index contributed by atoms with van der Waals surface area (Å²) in [7, 11) is 0. The van der Waals surface area contributed by atoms with Crippen molar-refractivity contribution in [3.63, 3.8) is 0 Å². The van der Waals surface area contributed by atoms with E-state index in [-0.39, 0.29) is 0 Å². The number of nitrogens with zero attached hydrogens (tertiary/aromatic N) is 1. The summed E-state index contributed by atoms with van der Waals surface area (Å²) in [6, 6.07) is 0.403. The molecule has 3 heterocycles. The molecule has 3 fully saturated rings. The quantitative estimate of drug-likeness (QED) is 0.551. The maximum absolute atomic E-state index is 10.7. The smallest absolute Gasteiger partial charge is 0.407 e. The van der Waals surface area contributed by atoms with Crippen LogP contribution in [0, 0.1) is 5.92 Å². The average molecular weight is 170 g/mol. The lowest BCUT2D eigenvalue weighted by molar-refractivity contribution is 0.143. The van der Waals surface area contributed by atoms with Crippen molar-refractivity contribution >= 4 is 6.09 Å². The first-order valence-corrected chi connectivity index (χ1v) is 4.47. The van der Waals surface area contributed by atoms with Gasteiger partial charge in [0.15, 0.2) is 0 Å². The third-order valence-electron chi connectivity index (χ3n) is 2.81. The molecule has 0 aromatic carbocycles. The monoisotopic (exact) mass is 170 g/mol. The highest BCUT2D eigenvalue weighted by atomic mass is 16.4. The van der Waals surface area contributed by atoms with E-state index in [9.17, 15) is 4.79 Å². The van der Waals surface area contributed by atoms with E-state index in [0.29, 0.717) is 18.5 Å². The molecule has 4 nitrogen and oxygen atoms in total. The summed E-state index contributed by atoms with van der Waals surface area (Å²) < 4.78 is 0. The van der Waals surface area contributed by atoms with Crippen molar-refractivity contribution in [2.45, 2.75) is 18.9 Å². The molecule has 0 spiro atoms. The highest BCUT2D eigenvalue weighted by Crippen LogP contribution is 2.21. The summed E-state index contributed by atoms with van der Waals surface area (Å²) in [5, 5.41) is 12.2. The van der Waals surface area contributed by atoms with Crippen LogP contribution in [-0.2, 0) is 0 Å². The van der Waals surface area contributed by atoms with E-state index in [1.165, 1.54) is 6.42 Å². The van der Waals surface area contributed by atoms with Gasteiger partial charge in [0.1, 0.15) is 0 Å². The Morgan fingerprint density at radius 3 is 2.83 bits per heavy atom. The highest BCUT2D eigenvalue weighted by Gasteiger charge is 2.30. The number of rotatable bonds is 0. The maximum Gasteiger partial charge on any atom is 0.407 e. The summed E-state index contributed by atoms with van der Waals surface area (Å²) in [6.45, 7) is 2.39. The number of fused-ring (bicyclic) bond motifs is 4. The number of hydrogen-bond acceptors (Lipinski definition) is 2. The molecule has 68 valence electrons. The molecule has 2 atom stereocenters. The molecule has 4 heteroatoms. The van der Waals surface area contributed by atoms with Crippen LogP contribution >= 0.6 is 0 Å². The van der Waals surface area contributed by atoms with Gasteiger partial charge in [0.2, 0.25) is 0 Å². The predicted octanol–water partition coefficient (Wildman–Crippen LogP) is 0.348. The van der Waals surface area contributed by atoms with Crippen LogP contribution < -0.4 is 5.32 Å². The van der Waals surface area contributed by atoms with Gasteiger partial charge in [-0.2, -0.15) is 0 Å². The molecule has 2 unspecified atom stereocenters. The van der Waals surface area contributed by atoms with Crippen LogP contribution in [0.2, 0.25) is 0 Å². The fraction of sp³-hybridized carbons (Fsp3) is 0.875. The zero-order valence-electron chi connectivity index (χ0n) is 6.99. The van der Waals surface area contributed by atoms with Crippen LogP contribution in [0.4, 0.5) is 4.79 Å². The zero-order chi connectivity index (χ0) is 8.55. The summed E-state index contributed by atoms with van der Waals surface area (Å²) in [4.78, 5) is 12.3. The van der Waals surface area contributed by atoms with E-state index in [4.69, 9.17) is 5.11 Å². The van der Waals surface area contributed by atoms with Gasteiger partial charge in [0, 0.05) is 19.1 Å². The number of piperidine rings is 1. The van der Waals surface area contributed by atoms with E-state index in [0.717, 1.165) is 19.5 Å². The first-order valence-electron chi connectivity index (χ1n) is 4.47. The zero-order valence-corrected chi connectivity index (χ0v) is 6.99. The number of carbonyl (C=O) groups is 1. The van der Waals surface area contributed by atoms with Gasteiger partial charge in [0.05, 0.1) is 0 Å². The van der Waals surface area contributed by atoms with Crippen molar-refractivity contribution in [2.24, 2.45) is 5.92 Å². The second-order valence-corrected chi connectivity index (χ2v) is 3.74. The SMILES string of the molecule is O=C(O)N1CC2CCC(C1)NC2. The van der Waals surface area contributed by atoms with Gasteiger partial charge in [-0.1, -0.05) is 0 Å². The summed E-state index contributed by atoms with van der Waals surface area (Å²) in [6.07, 6.45) is 1.55. The maximum atomic E-state index is 10.7. The Bertz CT molecular complexity index is 173. The van der Waals surface area contributed by atoms with E-state index in [2.05, 4.69) is 5.32 Å². The number of hydrogen-bond donors (Lipinski definition) is 2. The minimum Gasteiger partial charge on any atom is -0.465 e. The molecule has 0 radical (unpaired) electrons. The Kier molecular flexibility index (Phi) is 1.92. The van der Waals surface area contributed by atoms with Crippen LogP contribution in [0.5, 0.6) is 0 Å². The molecule has 2 bridgehead atoms. The molecule has 0 aliphatic carbocycles. The molecular formula is C8H14N2O2. The molecular weight excluding hydrogens is 156 g/mol. The molecule has 0 aromatic heterocycles. The third kappa shape index (κ3) is 1.39. The highest BCUT2D eigenvalue weighted by molar-refractivity contribution is 5.65. The molecule has 3 aliphatic rings. The number of nitrogens with one attached hydrogen (secondary N) is 1. The van der Waals surface area contributed by atoms with Crippen molar-refractivity contribution < 1.29 is 9.90 Å². The van der Waals surface area contributed by atoms with Gasteiger partial charge in [-0.15, -0.1) is 0 Å². The predicted molar refractivity (Wildman–Crippen MR) is 44.1 cm³/mol. The molecule has 2 N–H and O–H groups in total. The Morgan fingerprint density at radius 1 is 1.42 bits per heavy atom. The van der Waals surface area contributed by atoms with Gasteiger partial charge < -0.3 is 15.3 Å². The Morgan fingerprint density at radius 2 is 2.25 bits per heavy atom. The average Bonchev–Trinajstić information content (AvgIpc) is 2.36. The fourth-order valence-corrected chi connectivity index (χ4v) is 2.09.